The van der Waals surface area contributed by atoms with Crippen molar-refractivity contribution in [2.24, 2.45) is 0 Å². The maximum Gasteiger partial charge on any atom is 0.239 e. The SMILES string of the molecule is CCCNC(=O)CNC(=O)CN[C@@H](CC)c1ccc(Br)cc1. The first-order chi connectivity index (χ1) is 10.6. The summed E-state index contributed by atoms with van der Waals surface area (Å²) < 4.78 is 1.03. The molecule has 0 aromatic heterocycles. The third-order valence-corrected chi connectivity index (χ3v) is 3.74. The molecule has 5 nitrogen and oxygen atoms in total. The minimum Gasteiger partial charge on any atom is -0.355 e. The topological polar surface area (TPSA) is 70.2 Å². The number of carbonyl (C=O) groups excluding carboxylic acids is 2. The van der Waals surface area contributed by atoms with Crippen LogP contribution in [0.5, 0.6) is 0 Å². The van der Waals surface area contributed by atoms with Gasteiger partial charge in [0.15, 0.2) is 0 Å². The van der Waals surface area contributed by atoms with Crippen LogP contribution in [0.4, 0.5) is 0 Å². The van der Waals surface area contributed by atoms with E-state index in [9.17, 15) is 9.59 Å². The second-order valence-electron chi connectivity index (χ2n) is 5.02. The predicted octanol–water partition coefficient (Wildman–Crippen LogP) is 2.13. The van der Waals surface area contributed by atoms with Crippen molar-refractivity contribution in [2.75, 3.05) is 19.6 Å². The number of hydrogen-bond acceptors (Lipinski definition) is 3. The van der Waals surface area contributed by atoms with Gasteiger partial charge in [-0.2, -0.15) is 0 Å². The number of nitrogens with one attached hydrogen (secondary N) is 3. The van der Waals surface area contributed by atoms with Crippen molar-refractivity contribution in [3.05, 3.63) is 34.3 Å². The molecule has 0 bridgehead atoms. The third-order valence-electron chi connectivity index (χ3n) is 3.21. The van der Waals surface area contributed by atoms with Crippen LogP contribution < -0.4 is 16.0 Å². The molecule has 0 unspecified atom stereocenters. The van der Waals surface area contributed by atoms with E-state index >= 15 is 0 Å². The zero-order valence-corrected chi connectivity index (χ0v) is 14.7. The summed E-state index contributed by atoms with van der Waals surface area (Å²) in [6.07, 6.45) is 1.76. The van der Waals surface area contributed by atoms with E-state index in [2.05, 4.69) is 38.8 Å². The third kappa shape index (κ3) is 7.04. The van der Waals surface area contributed by atoms with E-state index in [0.29, 0.717) is 6.54 Å². The first-order valence-electron chi connectivity index (χ1n) is 7.59. The van der Waals surface area contributed by atoms with Gasteiger partial charge in [-0.05, 0) is 30.5 Å². The molecule has 0 spiro atoms. The summed E-state index contributed by atoms with van der Waals surface area (Å²) in [6.45, 7) is 4.89. The van der Waals surface area contributed by atoms with Crippen molar-refractivity contribution in [3.8, 4) is 0 Å². The van der Waals surface area contributed by atoms with Crippen molar-refractivity contribution in [1.29, 1.82) is 0 Å². The van der Waals surface area contributed by atoms with E-state index in [1.54, 1.807) is 0 Å². The summed E-state index contributed by atoms with van der Waals surface area (Å²) in [6, 6.07) is 8.14. The maximum absolute atomic E-state index is 11.8. The van der Waals surface area contributed by atoms with E-state index < -0.39 is 0 Å². The number of amides is 2. The first-order valence-corrected chi connectivity index (χ1v) is 8.38. The van der Waals surface area contributed by atoms with Crippen LogP contribution in [0, 0.1) is 0 Å². The largest absolute Gasteiger partial charge is 0.355 e. The Hall–Kier alpha value is -1.40. The summed E-state index contributed by atoms with van der Waals surface area (Å²) in [5, 5.41) is 8.54. The van der Waals surface area contributed by atoms with Gasteiger partial charge < -0.3 is 16.0 Å². The minimum atomic E-state index is -0.179. The lowest BCUT2D eigenvalue weighted by atomic mass is 10.0. The quantitative estimate of drug-likeness (QED) is 0.624. The molecule has 0 fully saturated rings. The Kier molecular flexibility index (Phi) is 8.77. The average Bonchev–Trinajstić information content (AvgIpc) is 2.53. The molecule has 0 aliphatic heterocycles. The zero-order valence-electron chi connectivity index (χ0n) is 13.1. The molecule has 0 radical (unpaired) electrons. The van der Waals surface area contributed by atoms with E-state index in [0.717, 1.165) is 22.9 Å². The second-order valence-corrected chi connectivity index (χ2v) is 5.94. The fourth-order valence-electron chi connectivity index (χ4n) is 1.98. The number of hydrogen-bond donors (Lipinski definition) is 3. The predicted molar refractivity (Wildman–Crippen MR) is 91.5 cm³/mol. The molecule has 0 heterocycles. The van der Waals surface area contributed by atoms with Gasteiger partial charge in [0.05, 0.1) is 13.1 Å². The van der Waals surface area contributed by atoms with Crippen LogP contribution in [0.3, 0.4) is 0 Å². The molecule has 1 atom stereocenters. The molecule has 0 aliphatic carbocycles. The number of halogens is 1. The molecule has 2 amide bonds. The Bertz CT molecular complexity index is 477. The van der Waals surface area contributed by atoms with Gasteiger partial charge in [0.1, 0.15) is 0 Å². The molecule has 1 aromatic rings. The highest BCUT2D eigenvalue weighted by atomic mass is 79.9. The summed E-state index contributed by atoms with van der Waals surface area (Å²) >= 11 is 3.41. The molecule has 0 aliphatic rings. The van der Waals surface area contributed by atoms with E-state index in [4.69, 9.17) is 0 Å². The average molecular weight is 370 g/mol. The Morgan fingerprint density at radius 3 is 2.27 bits per heavy atom. The molecule has 0 saturated heterocycles. The molecular weight excluding hydrogens is 346 g/mol. The molecule has 1 rings (SSSR count). The fourth-order valence-corrected chi connectivity index (χ4v) is 2.24. The summed E-state index contributed by atoms with van der Waals surface area (Å²) in [4.78, 5) is 23.2. The van der Waals surface area contributed by atoms with E-state index in [-0.39, 0.29) is 30.9 Å². The van der Waals surface area contributed by atoms with Crippen LogP contribution in [0.25, 0.3) is 0 Å². The van der Waals surface area contributed by atoms with Gasteiger partial charge >= 0.3 is 0 Å². The summed E-state index contributed by atoms with van der Waals surface area (Å²) in [5.41, 5.74) is 1.14. The molecule has 1 aromatic carbocycles. The molecule has 22 heavy (non-hydrogen) atoms. The molecule has 122 valence electrons. The van der Waals surface area contributed by atoms with Gasteiger partial charge in [0.25, 0.3) is 0 Å². The Labute approximate surface area is 140 Å². The summed E-state index contributed by atoms with van der Waals surface area (Å²) in [7, 11) is 0. The van der Waals surface area contributed by atoms with Gasteiger partial charge in [-0.3, -0.25) is 9.59 Å². The van der Waals surface area contributed by atoms with Gasteiger partial charge in [-0.25, -0.2) is 0 Å². The lowest BCUT2D eigenvalue weighted by Gasteiger charge is -2.17. The van der Waals surface area contributed by atoms with Crippen molar-refractivity contribution >= 4 is 27.7 Å². The number of carbonyl (C=O) groups is 2. The second kappa shape index (κ2) is 10.3. The van der Waals surface area contributed by atoms with Crippen molar-refractivity contribution < 1.29 is 9.59 Å². The highest BCUT2D eigenvalue weighted by Gasteiger charge is 2.11. The lowest BCUT2D eigenvalue weighted by Crippen LogP contribution is -2.41. The Morgan fingerprint density at radius 1 is 1.05 bits per heavy atom. The van der Waals surface area contributed by atoms with Gasteiger partial charge in [-0.1, -0.05) is 41.9 Å². The highest BCUT2D eigenvalue weighted by Crippen LogP contribution is 2.19. The van der Waals surface area contributed by atoms with Crippen LogP contribution in [0.1, 0.15) is 38.3 Å². The Balaban J connectivity index is 2.35. The highest BCUT2D eigenvalue weighted by molar-refractivity contribution is 9.10. The van der Waals surface area contributed by atoms with Crippen LogP contribution in [0.15, 0.2) is 28.7 Å². The van der Waals surface area contributed by atoms with Crippen LogP contribution in [-0.4, -0.2) is 31.4 Å². The molecule has 3 N–H and O–H groups in total. The number of benzene rings is 1. The zero-order chi connectivity index (χ0) is 16.4. The van der Waals surface area contributed by atoms with Crippen molar-refractivity contribution in [3.63, 3.8) is 0 Å². The van der Waals surface area contributed by atoms with E-state index in [1.807, 2.05) is 31.2 Å². The normalized spacial score (nSPS) is 11.8. The van der Waals surface area contributed by atoms with Gasteiger partial charge in [-0.15, -0.1) is 0 Å². The smallest absolute Gasteiger partial charge is 0.239 e. The first kappa shape index (κ1) is 18.6. The maximum atomic E-state index is 11.8. The molecule has 6 heteroatoms. The fraction of sp³-hybridized carbons (Fsp3) is 0.500. The monoisotopic (exact) mass is 369 g/mol. The van der Waals surface area contributed by atoms with Crippen LogP contribution >= 0.6 is 15.9 Å². The Morgan fingerprint density at radius 2 is 1.68 bits per heavy atom. The number of rotatable bonds is 9. The van der Waals surface area contributed by atoms with Crippen LogP contribution in [-0.2, 0) is 9.59 Å². The lowest BCUT2D eigenvalue weighted by molar-refractivity contribution is -0.125. The van der Waals surface area contributed by atoms with Crippen LogP contribution in [0.2, 0.25) is 0 Å². The minimum absolute atomic E-state index is 0.0234. The molecule has 0 saturated carbocycles. The van der Waals surface area contributed by atoms with E-state index in [1.165, 1.54) is 0 Å². The van der Waals surface area contributed by atoms with Crippen molar-refractivity contribution in [1.82, 2.24) is 16.0 Å². The van der Waals surface area contributed by atoms with Gasteiger partial charge in [0.2, 0.25) is 11.8 Å². The standard InChI is InChI=1S/C16H24BrN3O2/c1-3-9-18-15(21)11-20-16(22)10-19-14(4-2)12-5-7-13(17)8-6-12/h5-8,14,19H,3-4,9-11H2,1-2H3,(H,18,21)(H,20,22)/t14-/m0/s1. The van der Waals surface area contributed by atoms with Crippen molar-refractivity contribution in [2.45, 2.75) is 32.7 Å². The summed E-state index contributed by atoms with van der Waals surface area (Å²) in [5.74, 6) is -0.336. The molecular formula is C16H24BrN3O2. The van der Waals surface area contributed by atoms with Gasteiger partial charge in [0, 0.05) is 17.1 Å².